The minimum atomic E-state index is 0.448. The van der Waals surface area contributed by atoms with Gasteiger partial charge in [0, 0.05) is 31.5 Å². The summed E-state index contributed by atoms with van der Waals surface area (Å²) in [5.74, 6) is 1.57. The fourth-order valence-corrected chi connectivity index (χ4v) is 3.21. The van der Waals surface area contributed by atoms with E-state index in [0.29, 0.717) is 5.41 Å². The molecule has 5 nitrogen and oxygen atoms in total. The van der Waals surface area contributed by atoms with Crippen LogP contribution in [-0.2, 0) is 6.42 Å². The monoisotopic (exact) mass is 250 g/mol. The first-order valence-electron chi connectivity index (χ1n) is 7.10. The quantitative estimate of drug-likeness (QED) is 0.883. The second-order valence-corrected chi connectivity index (χ2v) is 5.69. The van der Waals surface area contributed by atoms with E-state index in [9.17, 15) is 0 Å². The summed E-state index contributed by atoms with van der Waals surface area (Å²) < 4.78 is 5.29. The van der Waals surface area contributed by atoms with Crippen LogP contribution in [0, 0.1) is 5.41 Å². The van der Waals surface area contributed by atoms with Crippen molar-refractivity contribution in [3.8, 4) is 0 Å². The molecule has 18 heavy (non-hydrogen) atoms. The molecule has 3 rings (SSSR count). The van der Waals surface area contributed by atoms with Crippen molar-refractivity contribution in [2.45, 2.75) is 39.0 Å². The molecule has 0 amide bonds. The molecule has 0 aliphatic carbocycles. The molecule has 1 aromatic rings. The molecule has 100 valence electrons. The molecule has 5 heteroatoms. The number of aromatic nitrogens is 2. The van der Waals surface area contributed by atoms with Crippen LogP contribution in [0.1, 0.15) is 38.5 Å². The number of piperidine rings is 1. The van der Waals surface area contributed by atoms with Gasteiger partial charge in [-0.1, -0.05) is 6.92 Å². The lowest BCUT2D eigenvalue weighted by atomic mass is 9.79. The largest absolute Gasteiger partial charge is 0.338 e. The van der Waals surface area contributed by atoms with Gasteiger partial charge in [0.2, 0.25) is 5.89 Å². The smallest absolute Gasteiger partial charge is 0.266 e. The van der Waals surface area contributed by atoms with Crippen molar-refractivity contribution in [3.63, 3.8) is 0 Å². The van der Waals surface area contributed by atoms with Crippen LogP contribution < -0.4 is 10.2 Å². The van der Waals surface area contributed by atoms with Crippen molar-refractivity contribution >= 4 is 5.95 Å². The Bertz CT molecular complexity index is 397. The van der Waals surface area contributed by atoms with Crippen molar-refractivity contribution in [3.05, 3.63) is 5.89 Å². The third-order valence-corrected chi connectivity index (χ3v) is 4.20. The van der Waals surface area contributed by atoms with E-state index in [1.807, 2.05) is 0 Å². The van der Waals surface area contributed by atoms with Crippen molar-refractivity contribution in [1.82, 2.24) is 15.5 Å². The molecule has 1 N–H and O–H groups in total. The summed E-state index contributed by atoms with van der Waals surface area (Å²) in [6, 6.07) is 0. The summed E-state index contributed by atoms with van der Waals surface area (Å²) in [6.07, 6.45) is 5.78. The second-order valence-electron chi connectivity index (χ2n) is 5.69. The fraction of sp³-hybridized carbons (Fsp3) is 0.846. The number of aryl methyl sites for hydroxylation is 1. The summed E-state index contributed by atoms with van der Waals surface area (Å²) in [6.45, 7) is 6.56. The third-order valence-electron chi connectivity index (χ3n) is 4.20. The van der Waals surface area contributed by atoms with E-state index in [0.717, 1.165) is 50.9 Å². The predicted octanol–water partition coefficient (Wildman–Crippen LogP) is 1.60. The summed E-state index contributed by atoms with van der Waals surface area (Å²) in [5, 5.41) is 7.62. The third kappa shape index (κ3) is 2.23. The summed E-state index contributed by atoms with van der Waals surface area (Å²) >= 11 is 0. The minimum Gasteiger partial charge on any atom is -0.338 e. The molecule has 0 aromatic carbocycles. The van der Waals surface area contributed by atoms with Gasteiger partial charge in [-0.2, -0.15) is 4.98 Å². The van der Waals surface area contributed by atoms with Crippen LogP contribution >= 0.6 is 0 Å². The predicted molar refractivity (Wildman–Crippen MR) is 69.7 cm³/mol. The van der Waals surface area contributed by atoms with Crippen molar-refractivity contribution in [2.24, 2.45) is 5.41 Å². The molecular weight excluding hydrogens is 228 g/mol. The number of nitrogens with one attached hydrogen (secondary N) is 1. The zero-order chi connectivity index (χ0) is 12.4. The first-order chi connectivity index (χ1) is 8.81. The Balaban J connectivity index is 1.71. The summed E-state index contributed by atoms with van der Waals surface area (Å²) in [4.78, 5) is 6.81. The van der Waals surface area contributed by atoms with Gasteiger partial charge >= 0.3 is 0 Å². The van der Waals surface area contributed by atoms with E-state index in [4.69, 9.17) is 4.52 Å². The molecule has 3 heterocycles. The van der Waals surface area contributed by atoms with E-state index in [1.54, 1.807) is 0 Å². The van der Waals surface area contributed by atoms with Crippen LogP contribution in [0.5, 0.6) is 0 Å². The van der Waals surface area contributed by atoms with Gasteiger partial charge in [0.1, 0.15) is 0 Å². The van der Waals surface area contributed by atoms with Gasteiger partial charge in [-0.05, 0) is 37.4 Å². The van der Waals surface area contributed by atoms with E-state index < -0.39 is 0 Å². The van der Waals surface area contributed by atoms with Crippen LogP contribution in [-0.4, -0.2) is 36.3 Å². The number of nitrogens with zero attached hydrogens (tertiary/aromatic N) is 3. The normalized spacial score (nSPS) is 28.2. The first kappa shape index (κ1) is 12.0. The highest BCUT2D eigenvalue weighted by molar-refractivity contribution is 5.30. The van der Waals surface area contributed by atoms with E-state index in [1.165, 1.54) is 19.3 Å². The average molecular weight is 250 g/mol. The highest BCUT2D eigenvalue weighted by Crippen LogP contribution is 2.36. The van der Waals surface area contributed by atoms with Crippen LogP contribution in [0.4, 0.5) is 5.95 Å². The Labute approximate surface area is 108 Å². The van der Waals surface area contributed by atoms with Crippen LogP contribution in [0.15, 0.2) is 4.52 Å². The summed E-state index contributed by atoms with van der Waals surface area (Å²) in [7, 11) is 0. The molecule has 0 saturated carbocycles. The standard InChI is InChI=1S/C13H22N4O/c1-2-4-11-15-12(16-18-11)17-8-3-5-13(10-17)6-7-14-9-13/h14H,2-10H2,1H3/t13-/m1/s1. The zero-order valence-electron chi connectivity index (χ0n) is 11.1. The van der Waals surface area contributed by atoms with Gasteiger partial charge in [0.25, 0.3) is 5.95 Å². The molecule has 2 aliphatic heterocycles. The van der Waals surface area contributed by atoms with Gasteiger partial charge in [-0.15, -0.1) is 0 Å². The molecule has 2 saturated heterocycles. The lowest BCUT2D eigenvalue weighted by Crippen LogP contribution is -2.45. The SMILES string of the molecule is CCCc1nc(N2CCC[C@]3(CCNC3)C2)no1. The van der Waals surface area contributed by atoms with Crippen LogP contribution in [0.2, 0.25) is 0 Å². The molecule has 0 unspecified atom stereocenters. The second kappa shape index (κ2) is 4.88. The average Bonchev–Trinajstić information content (AvgIpc) is 3.00. The Morgan fingerprint density at radius 3 is 3.17 bits per heavy atom. The zero-order valence-corrected chi connectivity index (χ0v) is 11.1. The van der Waals surface area contributed by atoms with E-state index in [-0.39, 0.29) is 0 Å². The summed E-state index contributed by atoms with van der Waals surface area (Å²) in [5.41, 5.74) is 0.448. The van der Waals surface area contributed by atoms with Gasteiger partial charge in [-0.3, -0.25) is 0 Å². The first-order valence-corrected chi connectivity index (χ1v) is 7.10. The molecular formula is C13H22N4O. The maximum atomic E-state index is 5.29. The van der Waals surface area contributed by atoms with Crippen molar-refractivity contribution < 1.29 is 4.52 Å². The molecule has 1 spiro atoms. The highest BCUT2D eigenvalue weighted by atomic mass is 16.5. The Kier molecular flexibility index (Phi) is 3.24. The Morgan fingerprint density at radius 2 is 2.39 bits per heavy atom. The number of rotatable bonds is 3. The Hall–Kier alpha value is -1.10. The molecule has 1 aromatic heterocycles. The molecule has 2 fully saturated rings. The van der Waals surface area contributed by atoms with Crippen molar-refractivity contribution in [1.29, 1.82) is 0 Å². The molecule has 0 bridgehead atoms. The topological polar surface area (TPSA) is 54.2 Å². The number of anilines is 1. The van der Waals surface area contributed by atoms with Gasteiger partial charge in [0.15, 0.2) is 0 Å². The van der Waals surface area contributed by atoms with E-state index >= 15 is 0 Å². The molecule has 2 aliphatic rings. The maximum absolute atomic E-state index is 5.29. The minimum absolute atomic E-state index is 0.448. The molecule has 1 atom stereocenters. The molecule has 0 radical (unpaired) electrons. The van der Waals surface area contributed by atoms with Gasteiger partial charge in [-0.25, -0.2) is 0 Å². The number of hydrogen-bond acceptors (Lipinski definition) is 5. The van der Waals surface area contributed by atoms with Crippen LogP contribution in [0.3, 0.4) is 0 Å². The fourth-order valence-electron chi connectivity index (χ4n) is 3.21. The maximum Gasteiger partial charge on any atom is 0.266 e. The Morgan fingerprint density at radius 1 is 1.44 bits per heavy atom. The van der Waals surface area contributed by atoms with E-state index in [2.05, 4.69) is 27.3 Å². The lowest BCUT2D eigenvalue weighted by molar-refractivity contribution is 0.257. The van der Waals surface area contributed by atoms with Gasteiger partial charge < -0.3 is 14.7 Å². The highest BCUT2D eigenvalue weighted by Gasteiger charge is 2.38. The van der Waals surface area contributed by atoms with Crippen LogP contribution in [0.25, 0.3) is 0 Å². The number of hydrogen-bond donors (Lipinski definition) is 1. The van der Waals surface area contributed by atoms with Crippen molar-refractivity contribution in [2.75, 3.05) is 31.1 Å². The van der Waals surface area contributed by atoms with Gasteiger partial charge in [0.05, 0.1) is 0 Å². The lowest BCUT2D eigenvalue weighted by Gasteiger charge is -2.39.